The van der Waals surface area contributed by atoms with Gasteiger partial charge in [0.2, 0.25) is 11.8 Å². The Hall–Kier alpha value is -2.21. The number of nitrogens with two attached hydrogens (primary N) is 1. The standard InChI is InChI=1S/C37H64N2O4/c1-3-5-7-9-11-13-15-17-22-29-35(40)39(36(41)30-23-18-16-14-12-10-8-6-4-2)34(28-24-25-31-38)37(42)43-32-33-26-20-19-21-27-33/h19-21,26-27,34H,3-18,22-25,28-32,38H2,1-2H3/t34-/m0/s1. The Morgan fingerprint density at radius 2 is 1.07 bits per heavy atom. The molecular formula is C37H64N2O4. The van der Waals surface area contributed by atoms with Gasteiger partial charge in [-0.25, -0.2) is 4.79 Å². The number of benzene rings is 1. The first-order valence-electron chi connectivity index (χ1n) is 17.8. The summed E-state index contributed by atoms with van der Waals surface area (Å²) in [6, 6.07) is 8.62. The van der Waals surface area contributed by atoms with Gasteiger partial charge in [-0.2, -0.15) is 0 Å². The van der Waals surface area contributed by atoms with Crippen molar-refractivity contribution in [2.75, 3.05) is 6.54 Å². The van der Waals surface area contributed by atoms with Gasteiger partial charge in [0.05, 0.1) is 0 Å². The highest BCUT2D eigenvalue weighted by Crippen LogP contribution is 2.19. The summed E-state index contributed by atoms with van der Waals surface area (Å²) < 4.78 is 5.68. The Balaban J connectivity index is 2.77. The fraction of sp³-hybridized carbons (Fsp3) is 0.757. The quantitative estimate of drug-likeness (QED) is 0.0764. The van der Waals surface area contributed by atoms with Crippen LogP contribution in [-0.2, 0) is 25.7 Å². The van der Waals surface area contributed by atoms with Gasteiger partial charge in [0.1, 0.15) is 12.6 Å². The van der Waals surface area contributed by atoms with E-state index in [2.05, 4.69) is 13.8 Å². The first-order chi connectivity index (χ1) is 21.0. The molecular weight excluding hydrogens is 536 g/mol. The molecule has 0 radical (unpaired) electrons. The summed E-state index contributed by atoms with van der Waals surface area (Å²) in [5.41, 5.74) is 6.62. The van der Waals surface area contributed by atoms with Gasteiger partial charge in [0, 0.05) is 12.8 Å². The third-order valence-corrected chi connectivity index (χ3v) is 8.27. The topological polar surface area (TPSA) is 89.7 Å². The number of carbonyl (C=O) groups excluding carboxylic acids is 3. The molecule has 6 heteroatoms. The molecule has 2 amide bonds. The summed E-state index contributed by atoms with van der Waals surface area (Å²) in [4.78, 5) is 41.8. The smallest absolute Gasteiger partial charge is 0.329 e. The molecule has 0 unspecified atom stereocenters. The summed E-state index contributed by atoms with van der Waals surface area (Å²) in [6.07, 6.45) is 23.1. The Labute approximate surface area is 263 Å². The molecule has 1 rings (SSSR count). The van der Waals surface area contributed by atoms with Crippen molar-refractivity contribution in [3.05, 3.63) is 35.9 Å². The Morgan fingerprint density at radius 1 is 0.628 bits per heavy atom. The molecule has 43 heavy (non-hydrogen) atoms. The van der Waals surface area contributed by atoms with E-state index in [1.54, 1.807) is 0 Å². The second kappa shape index (κ2) is 27.3. The molecule has 0 spiro atoms. The number of carbonyl (C=O) groups is 3. The highest BCUT2D eigenvalue weighted by Gasteiger charge is 2.34. The minimum Gasteiger partial charge on any atom is -0.459 e. The van der Waals surface area contributed by atoms with Gasteiger partial charge in [0.15, 0.2) is 0 Å². The van der Waals surface area contributed by atoms with Crippen LogP contribution in [0.1, 0.15) is 167 Å². The van der Waals surface area contributed by atoms with Gasteiger partial charge in [0.25, 0.3) is 0 Å². The van der Waals surface area contributed by atoms with E-state index in [0.717, 1.165) is 50.5 Å². The highest BCUT2D eigenvalue weighted by molar-refractivity contribution is 5.99. The Morgan fingerprint density at radius 3 is 1.51 bits per heavy atom. The summed E-state index contributed by atoms with van der Waals surface area (Å²) in [5.74, 6) is -0.974. The van der Waals surface area contributed by atoms with E-state index in [0.29, 0.717) is 32.2 Å². The van der Waals surface area contributed by atoms with Crippen molar-refractivity contribution in [2.24, 2.45) is 5.73 Å². The number of ether oxygens (including phenoxy) is 1. The molecule has 0 aliphatic rings. The van der Waals surface area contributed by atoms with Crippen LogP contribution in [-0.4, -0.2) is 35.3 Å². The van der Waals surface area contributed by atoms with Crippen LogP contribution in [0.15, 0.2) is 30.3 Å². The van der Waals surface area contributed by atoms with Crippen LogP contribution in [0.3, 0.4) is 0 Å². The number of rotatable bonds is 28. The summed E-state index contributed by atoms with van der Waals surface area (Å²) in [5, 5.41) is 0. The van der Waals surface area contributed by atoms with Crippen molar-refractivity contribution in [2.45, 2.75) is 174 Å². The van der Waals surface area contributed by atoms with Gasteiger partial charge >= 0.3 is 5.97 Å². The van der Waals surface area contributed by atoms with Gasteiger partial charge in [-0.1, -0.05) is 147 Å². The van der Waals surface area contributed by atoms with Gasteiger partial charge in [-0.3, -0.25) is 14.5 Å². The molecule has 246 valence electrons. The molecule has 0 aliphatic carbocycles. The number of unbranched alkanes of at least 4 members (excludes halogenated alkanes) is 17. The number of hydrogen-bond acceptors (Lipinski definition) is 5. The average molecular weight is 601 g/mol. The fourth-order valence-electron chi connectivity index (χ4n) is 5.56. The molecule has 1 aromatic carbocycles. The van der Waals surface area contributed by atoms with E-state index in [-0.39, 0.29) is 18.4 Å². The third-order valence-electron chi connectivity index (χ3n) is 8.27. The van der Waals surface area contributed by atoms with Crippen LogP contribution in [0.5, 0.6) is 0 Å². The van der Waals surface area contributed by atoms with E-state index in [1.807, 2.05) is 30.3 Å². The zero-order valence-electron chi connectivity index (χ0n) is 27.8. The van der Waals surface area contributed by atoms with E-state index in [9.17, 15) is 14.4 Å². The lowest BCUT2D eigenvalue weighted by molar-refractivity contribution is -0.162. The first-order valence-corrected chi connectivity index (χ1v) is 17.8. The number of amides is 2. The number of imide groups is 1. The lowest BCUT2D eigenvalue weighted by Crippen LogP contribution is -2.49. The van der Waals surface area contributed by atoms with Crippen molar-refractivity contribution in [3.8, 4) is 0 Å². The van der Waals surface area contributed by atoms with Crippen molar-refractivity contribution >= 4 is 17.8 Å². The maximum atomic E-state index is 13.6. The van der Waals surface area contributed by atoms with Gasteiger partial charge in [-0.05, 0) is 44.2 Å². The number of nitrogens with zero attached hydrogens (tertiary/aromatic N) is 1. The lowest BCUT2D eigenvalue weighted by Gasteiger charge is -2.29. The third kappa shape index (κ3) is 19.6. The molecule has 1 atom stereocenters. The maximum absolute atomic E-state index is 13.6. The van der Waals surface area contributed by atoms with Crippen LogP contribution in [0.2, 0.25) is 0 Å². The molecule has 0 fully saturated rings. The summed E-state index contributed by atoms with van der Waals surface area (Å²) in [6.45, 7) is 5.09. The predicted molar refractivity (Wildman–Crippen MR) is 178 cm³/mol. The van der Waals surface area contributed by atoms with Gasteiger partial charge in [-0.15, -0.1) is 0 Å². The van der Waals surface area contributed by atoms with Crippen molar-refractivity contribution < 1.29 is 19.1 Å². The summed E-state index contributed by atoms with van der Waals surface area (Å²) >= 11 is 0. The number of hydrogen-bond donors (Lipinski definition) is 1. The molecule has 0 aromatic heterocycles. The molecule has 0 bridgehead atoms. The lowest BCUT2D eigenvalue weighted by atomic mass is 10.0. The molecule has 0 saturated carbocycles. The van der Waals surface area contributed by atoms with Crippen molar-refractivity contribution in [1.29, 1.82) is 0 Å². The van der Waals surface area contributed by atoms with E-state index in [4.69, 9.17) is 10.5 Å². The monoisotopic (exact) mass is 600 g/mol. The molecule has 1 aromatic rings. The Kier molecular flexibility index (Phi) is 24.7. The average Bonchev–Trinajstić information content (AvgIpc) is 3.02. The SMILES string of the molecule is CCCCCCCCCCCC(=O)N(C(=O)CCCCCCCCCCC)[C@@H](CCCCN)C(=O)OCc1ccccc1. The minimum atomic E-state index is -0.896. The first kappa shape index (κ1) is 38.8. The molecule has 6 nitrogen and oxygen atoms in total. The van der Waals surface area contributed by atoms with Crippen LogP contribution < -0.4 is 5.73 Å². The largest absolute Gasteiger partial charge is 0.459 e. The fourth-order valence-corrected chi connectivity index (χ4v) is 5.56. The highest BCUT2D eigenvalue weighted by atomic mass is 16.5. The Bertz CT molecular complexity index is 795. The van der Waals surface area contributed by atoms with Crippen LogP contribution in [0, 0.1) is 0 Å². The summed E-state index contributed by atoms with van der Waals surface area (Å²) in [7, 11) is 0. The van der Waals surface area contributed by atoms with Crippen LogP contribution in [0.4, 0.5) is 0 Å². The zero-order valence-corrected chi connectivity index (χ0v) is 27.8. The van der Waals surface area contributed by atoms with E-state index < -0.39 is 12.0 Å². The second-order valence-corrected chi connectivity index (χ2v) is 12.2. The number of esters is 1. The maximum Gasteiger partial charge on any atom is 0.329 e. The van der Waals surface area contributed by atoms with Crippen molar-refractivity contribution in [3.63, 3.8) is 0 Å². The second-order valence-electron chi connectivity index (χ2n) is 12.2. The molecule has 2 N–H and O–H groups in total. The predicted octanol–water partition coefficient (Wildman–Crippen LogP) is 9.42. The zero-order chi connectivity index (χ0) is 31.4. The van der Waals surface area contributed by atoms with E-state index in [1.165, 1.54) is 81.9 Å². The normalized spacial score (nSPS) is 11.8. The molecule has 0 saturated heterocycles. The van der Waals surface area contributed by atoms with E-state index >= 15 is 0 Å². The molecule has 0 aliphatic heterocycles. The van der Waals surface area contributed by atoms with Gasteiger partial charge < -0.3 is 10.5 Å². The van der Waals surface area contributed by atoms with Crippen LogP contribution in [0.25, 0.3) is 0 Å². The molecule has 0 heterocycles. The van der Waals surface area contributed by atoms with Crippen LogP contribution >= 0.6 is 0 Å². The minimum absolute atomic E-state index is 0.125. The van der Waals surface area contributed by atoms with Crippen molar-refractivity contribution in [1.82, 2.24) is 4.90 Å².